The molecule has 6 nitrogen and oxygen atoms in total. The van der Waals surface area contributed by atoms with Crippen molar-refractivity contribution < 1.29 is 21.6 Å². The summed E-state index contributed by atoms with van der Waals surface area (Å²) in [5, 5.41) is 5.87. The van der Waals surface area contributed by atoms with E-state index in [1.165, 1.54) is 4.31 Å². The first-order valence-electron chi connectivity index (χ1n) is 7.40. The minimum atomic E-state index is -4.52. The summed E-state index contributed by atoms with van der Waals surface area (Å²) in [6.45, 7) is 2.75. The van der Waals surface area contributed by atoms with Gasteiger partial charge in [0, 0.05) is 26.2 Å². The lowest BCUT2D eigenvalue weighted by Gasteiger charge is -2.33. The molecule has 1 aromatic carbocycles. The van der Waals surface area contributed by atoms with Crippen molar-refractivity contribution in [2.45, 2.75) is 18.0 Å². The van der Waals surface area contributed by atoms with Crippen LogP contribution < -0.4 is 4.90 Å². The molecular formula is C14H15F3N4O2S2. The Morgan fingerprint density at radius 2 is 1.64 bits per heavy atom. The maximum absolute atomic E-state index is 12.6. The van der Waals surface area contributed by atoms with E-state index in [1.807, 2.05) is 6.92 Å². The van der Waals surface area contributed by atoms with E-state index in [2.05, 4.69) is 10.2 Å². The summed E-state index contributed by atoms with van der Waals surface area (Å²) in [6.07, 6.45) is -4.52. The average Bonchev–Trinajstić information content (AvgIpc) is 3.06. The number of hydrogen-bond acceptors (Lipinski definition) is 6. The highest BCUT2D eigenvalue weighted by Gasteiger charge is 2.37. The number of aromatic nitrogens is 2. The molecular weight excluding hydrogens is 377 g/mol. The fraction of sp³-hybridized carbons (Fsp3) is 0.429. The highest BCUT2D eigenvalue weighted by Crippen LogP contribution is 2.34. The molecule has 0 bridgehead atoms. The number of aryl methyl sites for hydroxylation is 1. The van der Waals surface area contributed by atoms with E-state index in [0.717, 1.165) is 5.56 Å². The molecule has 0 radical (unpaired) electrons. The molecule has 136 valence electrons. The number of halogens is 3. The first-order chi connectivity index (χ1) is 11.7. The van der Waals surface area contributed by atoms with Crippen molar-refractivity contribution in [2.75, 3.05) is 31.1 Å². The summed E-state index contributed by atoms with van der Waals surface area (Å²) in [5.41, 5.74) is 0.959. The fourth-order valence-corrected chi connectivity index (χ4v) is 4.62. The minimum absolute atomic E-state index is 0.153. The molecule has 0 spiro atoms. The Labute approximate surface area is 146 Å². The molecule has 0 amide bonds. The van der Waals surface area contributed by atoms with Crippen LogP contribution in [0.3, 0.4) is 0 Å². The molecule has 0 saturated carbocycles. The molecule has 1 fully saturated rings. The molecule has 3 rings (SSSR count). The first kappa shape index (κ1) is 18.1. The lowest BCUT2D eigenvalue weighted by Crippen LogP contribution is -2.48. The summed E-state index contributed by atoms with van der Waals surface area (Å²) in [6, 6.07) is 6.56. The van der Waals surface area contributed by atoms with E-state index in [4.69, 9.17) is 0 Å². The molecule has 1 aliphatic rings. The highest BCUT2D eigenvalue weighted by molar-refractivity contribution is 7.89. The van der Waals surface area contributed by atoms with E-state index < -0.39 is 21.2 Å². The van der Waals surface area contributed by atoms with Gasteiger partial charge in [0.2, 0.25) is 20.2 Å². The van der Waals surface area contributed by atoms with Crippen molar-refractivity contribution >= 4 is 26.5 Å². The third kappa shape index (κ3) is 3.77. The van der Waals surface area contributed by atoms with Crippen molar-refractivity contribution in [3.63, 3.8) is 0 Å². The van der Waals surface area contributed by atoms with Gasteiger partial charge in [-0.2, -0.15) is 17.5 Å². The van der Waals surface area contributed by atoms with Gasteiger partial charge in [-0.25, -0.2) is 8.42 Å². The first-order valence-corrected chi connectivity index (χ1v) is 9.66. The van der Waals surface area contributed by atoms with Crippen LogP contribution >= 0.6 is 11.3 Å². The number of rotatable bonds is 3. The zero-order valence-corrected chi connectivity index (χ0v) is 14.8. The molecule has 11 heteroatoms. The average molecular weight is 392 g/mol. The van der Waals surface area contributed by atoms with Gasteiger partial charge in [-0.3, -0.25) is 0 Å². The van der Waals surface area contributed by atoms with Crippen LogP contribution in [0, 0.1) is 6.92 Å². The van der Waals surface area contributed by atoms with Gasteiger partial charge >= 0.3 is 6.18 Å². The number of anilines is 1. The predicted octanol–water partition coefficient (Wildman–Crippen LogP) is 2.38. The van der Waals surface area contributed by atoms with E-state index in [0.29, 0.717) is 11.3 Å². The Morgan fingerprint density at radius 1 is 1.04 bits per heavy atom. The third-order valence-corrected chi connectivity index (χ3v) is 6.77. The Balaban J connectivity index is 1.69. The van der Waals surface area contributed by atoms with Gasteiger partial charge < -0.3 is 4.90 Å². The molecule has 1 saturated heterocycles. The van der Waals surface area contributed by atoms with Gasteiger partial charge in [0.05, 0.1) is 4.90 Å². The van der Waals surface area contributed by atoms with Crippen LogP contribution in [0.4, 0.5) is 18.3 Å². The summed E-state index contributed by atoms with van der Waals surface area (Å²) >= 11 is 0.464. The topological polar surface area (TPSA) is 66.4 Å². The van der Waals surface area contributed by atoms with Crippen LogP contribution in [0.2, 0.25) is 0 Å². The summed E-state index contributed by atoms with van der Waals surface area (Å²) in [5.74, 6) is 0. The Bertz CT molecular complexity index is 842. The van der Waals surface area contributed by atoms with Gasteiger partial charge in [0.25, 0.3) is 0 Å². The van der Waals surface area contributed by atoms with Gasteiger partial charge in [-0.1, -0.05) is 29.0 Å². The van der Waals surface area contributed by atoms with Crippen molar-refractivity contribution in [1.82, 2.24) is 14.5 Å². The normalized spacial score (nSPS) is 17.0. The van der Waals surface area contributed by atoms with Gasteiger partial charge in [0.1, 0.15) is 0 Å². The lowest BCUT2D eigenvalue weighted by atomic mass is 10.2. The molecule has 0 unspecified atom stereocenters. The van der Waals surface area contributed by atoms with Crippen molar-refractivity contribution in [3.05, 3.63) is 34.8 Å². The Kier molecular flexibility index (Phi) is 4.73. The molecule has 0 N–H and O–H groups in total. The second kappa shape index (κ2) is 6.54. The number of nitrogens with zero attached hydrogens (tertiary/aromatic N) is 4. The Morgan fingerprint density at radius 3 is 2.16 bits per heavy atom. The standard InChI is InChI=1S/C14H15F3N4O2S2/c1-10-2-4-11(5-3-10)25(22,23)21-8-6-20(7-9-21)13-19-18-12(24-13)14(15,16)17/h2-5H,6-9H2,1H3. The maximum Gasteiger partial charge on any atom is 0.445 e. The number of sulfonamides is 1. The van der Waals surface area contributed by atoms with Crippen molar-refractivity contribution in [3.8, 4) is 0 Å². The van der Waals surface area contributed by atoms with Crippen LogP contribution in [0.25, 0.3) is 0 Å². The predicted molar refractivity (Wildman–Crippen MR) is 87.1 cm³/mol. The minimum Gasteiger partial charge on any atom is -0.344 e. The third-order valence-electron chi connectivity index (χ3n) is 3.82. The molecule has 2 heterocycles. The zero-order chi connectivity index (χ0) is 18.2. The van der Waals surface area contributed by atoms with Gasteiger partial charge in [0.15, 0.2) is 0 Å². The van der Waals surface area contributed by atoms with E-state index in [9.17, 15) is 21.6 Å². The quantitative estimate of drug-likeness (QED) is 0.802. The molecule has 0 aliphatic carbocycles. The van der Waals surface area contributed by atoms with Crippen LogP contribution in [-0.4, -0.2) is 49.1 Å². The van der Waals surface area contributed by atoms with Crippen LogP contribution in [0.1, 0.15) is 10.6 Å². The Hall–Kier alpha value is -1.72. The van der Waals surface area contributed by atoms with Crippen LogP contribution in [-0.2, 0) is 16.2 Å². The van der Waals surface area contributed by atoms with Crippen LogP contribution in [0.15, 0.2) is 29.2 Å². The van der Waals surface area contributed by atoms with E-state index in [1.54, 1.807) is 29.2 Å². The number of hydrogen-bond donors (Lipinski definition) is 0. The van der Waals surface area contributed by atoms with Gasteiger partial charge in [-0.15, -0.1) is 10.2 Å². The number of alkyl halides is 3. The highest BCUT2D eigenvalue weighted by atomic mass is 32.2. The summed E-state index contributed by atoms with van der Waals surface area (Å²) in [7, 11) is -3.61. The SMILES string of the molecule is Cc1ccc(S(=O)(=O)N2CCN(c3nnc(C(F)(F)F)s3)CC2)cc1. The molecule has 0 atom stereocenters. The van der Waals surface area contributed by atoms with Crippen LogP contribution in [0.5, 0.6) is 0 Å². The fourth-order valence-electron chi connectivity index (χ4n) is 2.44. The lowest BCUT2D eigenvalue weighted by molar-refractivity contribution is -0.138. The molecule has 25 heavy (non-hydrogen) atoms. The smallest absolute Gasteiger partial charge is 0.344 e. The van der Waals surface area contributed by atoms with E-state index >= 15 is 0 Å². The van der Waals surface area contributed by atoms with Crippen molar-refractivity contribution in [2.24, 2.45) is 0 Å². The maximum atomic E-state index is 12.6. The monoisotopic (exact) mass is 392 g/mol. The number of benzene rings is 1. The molecule has 1 aliphatic heterocycles. The van der Waals surface area contributed by atoms with E-state index in [-0.39, 0.29) is 36.2 Å². The van der Waals surface area contributed by atoms with Gasteiger partial charge in [-0.05, 0) is 19.1 Å². The molecule has 2 aromatic rings. The molecule has 1 aromatic heterocycles. The largest absolute Gasteiger partial charge is 0.445 e. The van der Waals surface area contributed by atoms with Crippen molar-refractivity contribution in [1.29, 1.82) is 0 Å². The zero-order valence-electron chi connectivity index (χ0n) is 13.2. The number of piperazine rings is 1. The summed E-state index contributed by atoms with van der Waals surface area (Å²) < 4.78 is 64.4. The second-order valence-electron chi connectivity index (χ2n) is 5.59. The second-order valence-corrected chi connectivity index (χ2v) is 8.49. The summed E-state index contributed by atoms with van der Waals surface area (Å²) in [4.78, 5) is 1.83.